The van der Waals surface area contributed by atoms with Crippen molar-refractivity contribution in [1.82, 2.24) is 4.90 Å². The maximum Gasteiger partial charge on any atom is 0.335 e. The number of carboxylic acids is 1. The summed E-state index contributed by atoms with van der Waals surface area (Å²) in [6.45, 7) is 0.882. The van der Waals surface area contributed by atoms with Gasteiger partial charge in [0.1, 0.15) is 0 Å². The van der Waals surface area contributed by atoms with Crippen LogP contribution in [0.1, 0.15) is 53.9 Å². The minimum absolute atomic E-state index is 0.225. The molecule has 1 aromatic carbocycles. The minimum atomic E-state index is -0.907. The fraction of sp³-hybridized carbons (Fsp3) is 0.500. The number of carbonyl (C=O) groups excluding carboxylic acids is 1. The monoisotopic (exact) mass is 273 g/mol. The molecule has 1 amide bonds. The van der Waals surface area contributed by atoms with E-state index in [2.05, 4.69) is 0 Å². The van der Waals surface area contributed by atoms with Crippen molar-refractivity contribution in [2.45, 2.75) is 44.1 Å². The average molecular weight is 273 g/mol. The maximum atomic E-state index is 12.2. The van der Waals surface area contributed by atoms with Crippen LogP contribution in [0.3, 0.4) is 0 Å². The highest BCUT2D eigenvalue weighted by molar-refractivity contribution is 5.87. The second-order valence-electron chi connectivity index (χ2n) is 5.74. The quantitative estimate of drug-likeness (QED) is 0.901. The van der Waals surface area contributed by atoms with Gasteiger partial charge in [0.15, 0.2) is 0 Å². The molecule has 2 heterocycles. The largest absolute Gasteiger partial charge is 0.478 e. The lowest BCUT2D eigenvalue weighted by atomic mass is 9.89. The Labute approximate surface area is 118 Å². The van der Waals surface area contributed by atoms with E-state index in [-0.39, 0.29) is 11.8 Å². The molecular formula is C16H19NO3. The van der Waals surface area contributed by atoms with Crippen molar-refractivity contribution in [1.29, 1.82) is 0 Å². The van der Waals surface area contributed by atoms with Crippen LogP contribution in [0, 0.1) is 0 Å². The van der Waals surface area contributed by atoms with Crippen LogP contribution >= 0.6 is 0 Å². The van der Waals surface area contributed by atoms with Crippen molar-refractivity contribution in [2.75, 3.05) is 6.54 Å². The van der Waals surface area contributed by atoms with E-state index < -0.39 is 5.97 Å². The van der Waals surface area contributed by atoms with Crippen molar-refractivity contribution >= 4 is 11.9 Å². The van der Waals surface area contributed by atoms with Crippen molar-refractivity contribution in [3.8, 4) is 0 Å². The van der Waals surface area contributed by atoms with Gasteiger partial charge in [-0.3, -0.25) is 4.79 Å². The topological polar surface area (TPSA) is 57.6 Å². The zero-order valence-corrected chi connectivity index (χ0v) is 11.4. The van der Waals surface area contributed by atoms with E-state index >= 15 is 0 Å². The highest BCUT2D eigenvalue weighted by Gasteiger charge is 2.40. The number of fused-ring (bicyclic) bond motifs is 1. The summed E-state index contributed by atoms with van der Waals surface area (Å²) in [6, 6.07) is 7.33. The van der Waals surface area contributed by atoms with Gasteiger partial charge in [-0.15, -0.1) is 0 Å². The van der Waals surface area contributed by atoms with Crippen LogP contribution < -0.4 is 0 Å². The van der Waals surface area contributed by atoms with E-state index in [1.165, 1.54) is 12.8 Å². The lowest BCUT2D eigenvalue weighted by molar-refractivity contribution is -0.128. The summed E-state index contributed by atoms with van der Waals surface area (Å²) in [4.78, 5) is 25.1. The predicted molar refractivity (Wildman–Crippen MR) is 74.7 cm³/mol. The normalized spacial score (nSPS) is 26.2. The summed E-state index contributed by atoms with van der Waals surface area (Å²) in [5.74, 6) is -0.428. The summed E-state index contributed by atoms with van der Waals surface area (Å²) in [7, 11) is 0. The van der Waals surface area contributed by atoms with Crippen LogP contribution in [0.25, 0.3) is 0 Å². The highest BCUT2D eigenvalue weighted by Crippen LogP contribution is 2.38. The molecule has 0 aliphatic carbocycles. The molecule has 2 aliphatic heterocycles. The first-order chi connectivity index (χ1) is 9.66. The first-order valence-electron chi connectivity index (χ1n) is 7.29. The highest BCUT2D eigenvalue weighted by atomic mass is 16.4. The van der Waals surface area contributed by atoms with Crippen LogP contribution in [-0.2, 0) is 4.79 Å². The van der Waals surface area contributed by atoms with E-state index in [1.807, 2.05) is 17.0 Å². The summed E-state index contributed by atoms with van der Waals surface area (Å²) < 4.78 is 0. The van der Waals surface area contributed by atoms with E-state index in [9.17, 15) is 9.59 Å². The standard InChI is InChI=1S/C16H19NO3/c18-15-10-13(14-4-2-1-3-9-17(14)15)11-5-7-12(8-6-11)16(19)20/h5-8,13-14H,1-4,9-10H2,(H,19,20). The Balaban J connectivity index is 1.85. The zero-order chi connectivity index (χ0) is 14.1. The van der Waals surface area contributed by atoms with Gasteiger partial charge in [0.05, 0.1) is 5.56 Å². The van der Waals surface area contributed by atoms with Crippen LogP contribution in [0.2, 0.25) is 0 Å². The Morgan fingerprint density at radius 3 is 2.60 bits per heavy atom. The molecule has 2 fully saturated rings. The van der Waals surface area contributed by atoms with Gasteiger partial charge in [0.25, 0.3) is 0 Å². The molecular weight excluding hydrogens is 254 g/mol. The second kappa shape index (κ2) is 5.27. The molecule has 1 N–H and O–H groups in total. The Morgan fingerprint density at radius 1 is 1.15 bits per heavy atom. The molecule has 2 atom stereocenters. The van der Waals surface area contributed by atoms with Crippen LogP contribution in [0.15, 0.2) is 24.3 Å². The number of hydrogen-bond donors (Lipinski definition) is 1. The number of carboxylic acid groups (broad SMARTS) is 1. The number of carbonyl (C=O) groups is 2. The Morgan fingerprint density at radius 2 is 1.90 bits per heavy atom. The zero-order valence-electron chi connectivity index (χ0n) is 11.4. The summed E-state index contributed by atoms with van der Waals surface area (Å²) in [5, 5.41) is 8.95. The van der Waals surface area contributed by atoms with Crippen molar-refractivity contribution in [3.63, 3.8) is 0 Å². The molecule has 0 aromatic heterocycles. The van der Waals surface area contributed by atoms with Gasteiger partial charge in [0, 0.05) is 24.9 Å². The Bertz CT molecular complexity index is 523. The molecule has 1 aromatic rings. The van der Waals surface area contributed by atoms with Gasteiger partial charge < -0.3 is 10.0 Å². The van der Waals surface area contributed by atoms with Gasteiger partial charge >= 0.3 is 5.97 Å². The number of rotatable bonds is 2. The average Bonchev–Trinajstić information content (AvgIpc) is 2.65. The predicted octanol–water partition coefficient (Wildman–Crippen LogP) is 2.64. The lowest BCUT2D eigenvalue weighted by Crippen LogP contribution is -2.34. The first kappa shape index (κ1) is 13.2. The molecule has 106 valence electrons. The van der Waals surface area contributed by atoms with Gasteiger partial charge in [-0.25, -0.2) is 4.79 Å². The molecule has 20 heavy (non-hydrogen) atoms. The third-order valence-corrected chi connectivity index (χ3v) is 4.56. The van der Waals surface area contributed by atoms with Crippen LogP contribution in [0.5, 0.6) is 0 Å². The molecule has 3 rings (SSSR count). The molecule has 0 saturated carbocycles. The molecule has 0 radical (unpaired) electrons. The van der Waals surface area contributed by atoms with E-state index in [0.29, 0.717) is 18.0 Å². The van der Waals surface area contributed by atoms with E-state index in [4.69, 9.17) is 5.11 Å². The van der Waals surface area contributed by atoms with E-state index in [0.717, 1.165) is 24.9 Å². The number of amides is 1. The molecule has 2 saturated heterocycles. The van der Waals surface area contributed by atoms with Gasteiger partial charge in [0.2, 0.25) is 5.91 Å². The molecule has 0 spiro atoms. The number of nitrogens with zero attached hydrogens (tertiary/aromatic N) is 1. The third-order valence-electron chi connectivity index (χ3n) is 4.56. The number of aromatic carboxylic acids is 1. The van der Waals surface area contributed by atoms with Crippen molar-refractivity contribution in [2.24, 2.45) is 0 Å². The van der Waals surface area contributed by atoms with E-state index in [1.54, 1.807) is 12.1 Å². The van der Waals surface area contributed by atoms with Gasteiger partial charge in [-0.2, -0.15) is 0 Å². The smallest absolute Gasteiger partial charge is 0.335 e. The molecule has 0 bridgehead atoms. The Hall–Kier alpha value is -1.84. The van der Waals surface area contributed by atoms with Crippen LogP contribution in [0.4, 0.5) is 0 Å². The number of hydrogen-bond acceptors (Lipinski definition) is 2. The summed E-state index contributed by atoms with van der Waals surface area (Å²) >= 11 is 0. The van der Waals surface area contributed by atoms with Crippen molar-refractivity contribution < 1.29 is 14.7 Å². The first-order valence-corrected chi connectivity index (χ1v) is 7.29. The molecule has 2 aliphatic rings. The minimum Gasteiger partial charge on any atom is -0.478 e. The molecule has 4 heteroatoms. The van der Waals surface area contributed by atoms with Gasteiger partial charge in [-0.05, 0) is 30.5 Å². The second-order valence-corrected chi connectivity index (χ2v) is 5.74. The summed E-state index contributed by atoms with van der Waals surface area (Å²) in [6.07, 6.45) is 5.12. The molecule has 4 nitrogen and oxygen atoms in total. The fourth-order valence-electron chi connectivity index (χ4n) is 3.52. The van der Waals surface area contributed by atoms with Crippen LogP contribution in [-0.4, -0.2) is 34.5 Å². The number of benzene rings is 1. The fourth-order valence-corrected chi connectivity index (χ4v) is 3.52. The van der Waals surface area contributed by atoms with Gasteiger partial charge in [-0.1, -0.05) is 25.0 Å². The lowest BCUT2D eigenvalue weighted by Gasteiger charge is -2.26. The summed E-state index contributed by atoms with van der Waals surface area (Å²) in [5.41, 5.74) is 1.40. The maximum absolute atomic E-state index is 12.2. The van der Waals surface area contributed by atoms with Crippen molar-refractivity contribution in [3.05, 3.63) is 35.4 Å². The Kier molecular flexibility index (Phi) is 3.47. The SMILES string of the molecule is O=C(O)c1ccc(C2CC(=O)N3CCCCCC23)cc1. The molecule has 2 unspecified atom stereocenters. The third kappa shape index (κ3) is 2.30.